The van der Waals surface area contributed by atoms with Crippen molar-refractivity contribution in [2.75, 3.05) is 6.79 Å². The quantitative estimate of drug-likeness (QED) is 0.495. The lowest BCUT2D eigenvalue weighted by molar-refractivity contribution is 0.0954. The number of nitrogens with one attached hydrogen (secondary N) is 1. The summed E-state index contributed by atoms with van der Waals surface area (Å²) in [4.78, 5) is 12.0. The Balaban J connectivity index is 1.68. The van der Waals surface area contributed by atoms with Crippen LogP contribution in [0.3, 0.4) is 0 Å². The molecule has 0 atom stereocenters. The molecule has 1 heterocycles. The average Bonchev–Trinajstić information content (AvgIpc) is 2.96. The molecule has 0 unspecified atom stereocenters. The van der Waals surface area contributed by atoms with Crippen molar-refractivity contribution < 1.29 is 14.3 Å². The van der Waals surface area contributed by atoms with E-state index in [2.05, 4.69) is 33.1 Å². The largest absolute Gasteiger partial charge is 0.454 e. The fourth-order valence-electron chi connectivity index (χ4n) is 1.84. The summed E-state index contributed by atoms with van der Waals surface area (Å²) < 4.78 is 11.5. The van der Waals surface area contributed by atoms with E-state index in [9.17, 15) is 4.79 Å². The normalized spacial score (nSPS) is 12.6. The molecular weight excluding hydrogens is 383 g/mol. The number of benzene rings is 2. The molecule has 0 bridgehead atoms. The number of halogens is 1. The van der Waals surface area contributed by atoms with Gasteiger partial charge >= 0.3 is 0 Å². The van der Waals surface area contributed by atoms with Crippen molar-refractivity contribution in [1.29, 1.82) is 0 Å². The summed E-state index contributed by atoms with van der Waals surface area (Å²) in [7, 11) is 0. The highest BCUT2D eigenvalue weighted by molar-refractivity contribution is 14.1. The number of hydrazone groups is 1. The fraction of sp³-hybridized carbons (Fsp3) is 0.0667. The number of carbonyl (C=O) groups is 1. The topological polar surface area (TPSA) is 59.9 Å². The van der Waals surface area contributed by atoms with E-state index in [1.807, 2.05) is 24.3 Å². The Hall–Kier alpha value is -2.09. The second-order valence-corrected chi connectivity index (χ2v) is 5.45. The second kappa shape index (κ2) is 6.13. The van der Waals surface area contributed by atoms with E-state index in [1.165, 1.54) is 0 Å². The van der Waals surface area contributed by atoms with Gasteiger partial charge in [-0.25, -0.2) is 5.43 Å². The Morgan fingerprint density at radius 2 is 2.00 bits per heavy atom. The van der Waals surface area contributed by atoms with E-state index >= 15 is 0 Å². The van der Waals surface area contributed by atoms with Crippen LogP contribution in [0.15, 0.2) is 47.6 Å². The highest BCUT2D eigenvalue weighted by atomic mass is 127. The van der Waals surface area contributed by atoms with Gasteiger partial charge in [-0.1, -0.05) is 18.2 Å². The summed E-state index contributed by atoms with van der Waals surface area (Å²) in [6.07, 6.45) is 1.62. The van der Waals surface area contributed by atoms with Crippen LogP contribution >= 0.6 is 22.6 Å². The number of hydrogen-bond acceptors (Lipinski definition) is 4. The van der Waals surface area contributed by atoms with Gasteiger partial charge in [0.15, 0.2) is 11.5 Å². The fourth-order valence-corrected chi connectivity index (χ4v) is 2.37. The molecule has 21 heavy (non-hydrogen) atoms. The number of nitrogens with zero attached hydrogens (tertiary/aromatic N) is 1. The highest BCUT2D eigenvalue weighted by Crippen LogP contribution is 2.32. The maximum atomic E-state index is 12.0. The molecule has 1 N–H and O–H groups in total. The zero-order chi connectivity index (χ0) is 14.7. The molecule has 5 nitrogen and oxygen atoms in total. The van der Waals surface area contributed by atoms with Crippen LogP contribution in [0.1, 0.15) is 15.9 Å². The molecule has 106 valence electrons. The molecule has 0 aliphatic carbocycles. The summed E-state index contributed by atoms with van der Waals surface area (Å²) in [6.45, 7) is 0.186. The van der Waals surface area contributed by atoms with Crippen molar-refractivity contribution in [3.05, 3.63) is 57.2 Å². The SMILES string of the molecule is O=C(N/N=C/c1ccccc1I)c1ccc2c(c1)OCO2. The van der Waals surface area contributed by atoms with Crippen LogP contribution in [0.5, 0.6) is 11.5 Å². The lowest BCUT2D eigenvalue weighted by atomic mass is 10.2. The van der Waals surface area contributed by atoms with E-state index < -0.39 is 0 Å². The Bertz CT molecular complexity index is 716. The molecule has 1 aliphatic rings. The number of fused-ring (bicyclic) bond motifs is 1. The van der Waals surface area contributed by atoms with Gasteiger partial charge in [-0.2, -0.15) is 5.10 Å². The molecule has 0 saturated heterocycles. The summed E-state index contributed by atoms with van der Waals surface area (Å²) >= 11 is 2.21. The first kappa shape index (κ1) is 13.9. The number of hydrogen-bond donors (Lipinski definition) is 1. The molecule has 3 rings (SSSR count). The zero-order valence-corrected chi connectivity index (χ0v) is 13.0. The molecule has 0 radical (unpaired) electrons. The minimum Gasteiger partial charge on any atom is -0.454 e. The van der Waals surface area contributed by atoms with E-state index in [-0.39, 0.29) is 12.7 Å². The number of ether oxygens (including phenoxy) is 2. The molecule has 2 aromatic carbocycles. The van der Waals surface area contributed by atoms with Crippen LogP contribution in [0.25, 0.3) is 0 Å². The van der Waals surface area contributed by atoms with E-state index in [0.717, 1.165) is 9.13 Å². The standard InChI is InChI=1S/C15H11IN2O3/c16-12-4-2-1-3-11(12)8-17-18-15(19)10-5-6-13-14(7-10)21-9-20-13/h1-8H,9H2,(H,18,19)/b17-8+. The maximum Gasteiger partial charge on any atom is 0.271 e. The molecule has 1 aliphatic heterocycles. The van der Waals surface area contributed by atoms with Crippen molar-refractivity contribution >= 4 is 34.7 Å². The molecule has 0 saturated carbocycles. The van der Waals surface area contributed by atoms with Gasteiger partial charge in [-0.3, -0.25) is 4.79 Å². The lowest BCUT2D eigenvalue weighted by Gasteiger charge is -2.02. The summed E-state index contributed by atoms with van der Waals surface area (Å²) in [6, 6.07) is 12.8. The monoisotopic (exact) mass is 394 g/mol. The summed E-state index contributed by atoms with van der Waals surface area (Å²) in [5.74, 6) is 0.925. The first-order chi connectivity index (χ1) is 10.2. The van der Waals surface area contributed by atoms with Crippen molar-refractivity contribution in [2.24, 2.45) is 5.10 Å². The van der Waals surface area contributed by atoms with Gasteiger partial charge in [0, 0.05) is 14.7 Å². The van der Waals surface area contributed by atoms with Crippen LogP contribution in [0.4, 0.5) is 0 Å². The third-order valence-electron chi connectivity index (χ3n) is 2.91. The Labute approximate surface area is 135 Å². The van der Waals surface area contributed by atoms with Gasteiger partial charge < -0.3 is 9.47 Å². The number of amides is 1. The third-order valence-corrected chi connectivity index (χ3v) is 3.89. The Kier molecular flexibility index (Phi) is 4.05. The minimum absolute atomic E-state index is 0.186. The van der Waals surface area contributed by atoms with Gasteiger partial charge in [-0.15, -0.1) is 0 Å². The minimum atomic E-state index is -0.296. The Morgan fingerprint density at radius 3 is 2.86 bits per heavy atom. The van der Waals surface area contributed by atoms with Gasteiger partial charge in [0.1, 0.15) is 0 Å². The number of rotatable bonds is 3. The van der Waals surface area contributed by atoms with Crippen molar-refractivity contribution in [3.63, 3.8) is 0 Å². The van der Waals surface area contributed by atoms with Gasteiger partial charge in [-0.05, 0) is 46.9 Å². The Morgan fingerprint density at radius 1 is 1.19 bits per heavy atom. The van der Waals surface area contributed by atoms with E-state index in [1.54, 1.807) is 24.4 Å². The van der Waals surface area contributed by atoms with Gasteiger partial charge in [0.2, 0.25) is 6.79 Å². The van der Waals surface area contributed by atoms with Gasteiger partial charge in [0.25, 0.3) is 5.91 Å². The molecule has 6 heteroatoms. The number of carbonyl (C=O) groups excluding carboxylic acids is 1. The molecular formula is C15H11IN2O3. The van der Waals surface area contributed by atoms with Crippen LogP contribution in [0, 0.1) is 3.57 Å². The van der Waals surface area contributed by atoms with Crippen LogP contribution in [-0.2, 0) is 0 Å². The summed E-state index contributed by atoms with van der Waals surface area (Å²) in [5, 5.41) is 3.97. The lowest BCUT2D eigenvalue weighted by Crippen LogP contribution is -2.17. The van der Waals surface area contributed by atoms with E-state index in [0.29, 0.717) is 17.1 Å². The molecule has 2 aromatic rings. The zero-order valence-electron chi connectivity index (χ0n) is 10.9. The van der Waals surface area contributed by atoms with Crippen molar-refractivity contribution in [3.8, 4) is 11.5 Å². The van der Waals surface area contributed by atoms with Gasteiger partial charge in [0.05, 0.1) is 6.21 Å². The molecule has 0 spiro atoms. The maximum absolute atomic E-state index is 12.0. The van der Waals surface area contributed by atoms with Crippen molar-refractivity contribution in [1.82, 2.24) is 5.43 Å². The second-order valence-electron chi connectivity index (χ2n) is 4.29. The highest BCUT2D eigenvalue weighted by Gasteiger charge is 2.15. The third kappa shape index (κ3) is 3.15. The smallest absolute Gasteiger partial charge is 0.271 e. The predicted octanol–water partition coefficient (Wildman–Crippen LogP) is 2.78. The van der Waals surface area contributed by atoms with Crippen LogP contribution in [0.2, 0.25) is 0 Å². The molecule has 0 fully saturated rings. The van der Waals surface area contributed by atoms with Crippen LogP contribution in [-0.4, -0.2) is 18.9 Å². The first-order valence-electron chi connectivity index (χ1n) is 6.21. The molecule has 1 amide bonds. The average molecular weight is 394 g/mol. The van der Waals surface area contributed by atoms with Crippen LogP contribution < -0.4 is 14.9 Å². The predicted molar refractivity (Wildman–Crippen MR) is 86.8 cm³/mol. The molecule has 0 aromatic heterocycles. The van der Waals surface area contributed by atoms with Crippen molar-refractivity contribution in [2.45, 2.75) is 0 Å². The summed E-state index contributed by atoms with van der Waals surface area (Å²) in [5.41, 5.74) is 3.92. The first-order valence-corrected chi connectivity index (χ1v) is 7.29. The van der Waals surface area contributed by atoms with E-state index in [4.69, 9.17) is 9.47 Å².